The van der Waals surface area contributed by atoms with Gasteiger partial charge in [-0.1, -0.05) is 70.6 Å². The highest BCUT2D eigenvalue weighted by Crippen LogP contribution is 2.34. The number of carbonyl (C=O) groups is 1. The van der Waals surface area contributed by atoms with Gasteiger partial charge in [0.15, 0.2) is 0 Å². The number of ether oxygens (including phenoxy) is 3. The third-order valence-corrected chi connectivity index (χ3v) is 10.1. The summed E-state index contributed by atoms with van der Waals surface area (Å²) in [4.78, 5) is 11.6. The van der Waals surface area contributed by atoms with Crippen molar-refractivity contribution < 1.29 is 39.4 Å². The molecule has 3 rings (SSSR count). The fourth-order valence-corrected chi connectivity index (χ4v) is 7.29. The molecule has 0 aliphatic carbocycles. The Morgan fingerprint density at radius 2 is 1.11 bits per heavy atom. The lowest BCUT2D eigenvalue weighted by molar-refractivity contribution is -0.139. The zero-order valence-electron chi connectivity index (χ0n) is 28.5. The first-order chi connectivity index (χ1) is 21.7. The smallest absolute Gasteiger partial charge is 0.334 e. The van der Waals surface area contributed by atoms with Gasteiger partial charge in [-0.15, -0.1) is 0 Å². The van der Waals surface area contributed by atoms with E-state index in [0.29, 0.717) is 12.8 Å². The molecule has 2 unspecified atom stereocenters. The Balaban J connectivity index is 1.13. The van der Waals surface area contributed by atoms with Gasteiger partial charge < -0.3 is 34.6 Å². The summed E-state index contributed by atoms with van der Waals surface area (Å²) in [5.74, 6) is -0.127. The van der Waals surface area contributed by atoms with Crippen LogP contribution in [0.5, 0.6) is 0 Å². The van der Waals surface area contributed by atoms with Crippen LogP contribution in [-0.4, -0.2) is 81.3 Å². The van der Waals surface area contributed by atoms with Crippen molar-refractivity contribution >= 4 is 5.97 Å². The molecule has 45 heavy (non-hydrogen) atoms. The maximum atomic E-state index is 11.6. The van der Waals surface area contributed by atoms with E-state index in [1.165, 1.54) is 44.9 Å². The van der Waals surface area contributed by atoms with Crippen LogP contribution >= 0.6 is 0 Å². The van der Waals surface area contributed by atoms with Crippen molar-refractivity contribution in [2.75, 3.05) is 0 Å². The van der Waals surface area contributed by atoms with Crippen molar-refractivity contribution in [2.24, 2.45) is 0 Å². The van der Waals surface area contributed by atoms with Crippen LogP contribution < -0.4 is 0 Å². The molecule has 0 aromatic carbocycles. The van der Waals surface area contributed by atoms with Crippen LogP contribution in [0.2, 0.25) is 0 Å². The molecule has 3 heterocycles. The fraction of sp³-hybridized carbons (Fsp3) is 0.919. The van der Waals surface area contributed by atoms with Gasteiger partial charge in [0, 0.05) is 5.57 Å². The molecule has 2 saturated heterocycles. The van der Waals surface area contributed by atoms with Gasteiger partial charge in [0.2, 0.25) is 0 Å². The van der Waals surface area contributed by atoms with E-state index >= 15 is 0 Å². The quantitative estimate of drug-likeness (QED) is 0.0634. The van der Waals surface area contributed by atoms with Crippen molar-refractivity contribution in [2.45, 2.75) is 216 Å². The number of carbonyl (C=O) groups excluding carboxylic acids is 1. The number of cyclic esters (lactones) is 1. The lowest BCUT2D eigenvalue weighted by Gasteiger charge is -2.24. The topological polar surface area (TPSA) is 126 Å². The van der Waals surface area contributed by atoms with E-state index < -0.39 is 12.2 Å². The van der Waals surface area contributed by atoms with Gasteiger partial charge in [-0.2, -0.15) is 0 Å². The Kier molecular flexibility index (Phi) is 18.6. The number of aliphatic hydroxyl groups excluding tert-OH is 4. The Hall–Kier alpha value is -1.03. The largest absolute Gasteiger partial charge is 0.455 e. The number of hydrogen-bond acceptors (Lipinski definition) is 8. The number of aliphatic hydroxyl groups is 4. The van der Waals surface area contributed by atoms with Crippen LogP contribution in [0.15, 0.2) is 11.6 Å². The van der Waals surface area contributed by atoms with Crippen molar-refractivity contribution in [1.82, 2.24) is 0 Å². The molecule has 8 nitrogen and oxygen atoms in total. The first-order valence-electron chi connectivity index (χ1n) is 18.7. The summed E-state index contributed by atoms with van der Waals surface area (Å²) < 4.78 is 17.7. The SMILES string of the molecule is CC(O)CCCCC(O)CCC[C@H](O)[C@H]1CC[C@H]([C@H]2CC[C@H]([C@@H](O)CCCCCCCCCCCCC3=C[C@H](C)OC3=O)O2)O1. The first kappa shape index (κ1) is 38.4. The van der Waals surface area contributed by atoms with Crippen LogP contribution in [0.4, 0.5) is 0 Å². The average molecular weight is 639 g/mol. The zero-order valence-corrected chi connectivity index (χ0v) is 28.5. The lowest BCUT2D eigenvalue weighted by Crippen LogP contribution is -2.33. The minimum Gasteiger partial charge on any atom is -0.455 e. The predicted octanol–water partition coefficient (Wildman–Crippen LogP) is 6.83. The Bertz CT molecular complexity index is 831. The number of rotatable bonds is 25. The second kappa shape index (κ2) is 21.8. The van der Waals surface area contributed by atoms with Crippen LogP contribution in [0.25, 0.3) is 0 Å². The van der Waals surface area contributed by atoms with E-state index in [2.05, 4.69) is 0 Å². The molecular weight excluding hydrogens is 572 g/mol. The van der Waals surface area contributed by atoms with E-state index in [4.69, 9.17) is 14.2 Å². The summed E-state index contributed by atoms with van der Waals surface area (Å²) in [5.41, 5.74) is 0.858. The fourth-order valence-electron chi connectivity index (χ4n) is 7.29. The standard InChI is InChI=1S/C37H66O8/c1-27(38)16-13-14-18-30(39)19-15-21-32(41)34-23-25-36(45-34)35-24-22-33(44-35)31(40)20-12-10-8-6-4-3-5-7-9-11-17-29-26-28(2)43-37(29)42/h26-28,30-36,38-41H,3-25H2,1-2H3/t27?,28-,30?,31-,32-,33+,34+,35+,36+/m0/s1. The van der Waals surface area contributed by atoms with E-state index in [1.54, 1.807) is 6.92 Å². The van der Waals surface area contributed by atoms with Crippen molar-refractivity contribution in [3.05, 3.63) is 11.6 Å². The summed E-state index contributed by atoms with van der Waals surface area (Å²) in [6.07, 6.45) is 22.6. The lowest BCUT2D eigenvalue weighted by atomic mass is 9.99. The summed E-state index contributed by atoms with van der Waals surface area (Å²) in [6.45, 7) is 3.70. The minimum atomic E-state index is -0.516. The normalized spacial score (nSPS) is 27.8. The van der Waals surface area contributed by atoms with Crippen molar-refractivity contribution in [3.63, 3.8) is 0 Å². The molecule has 0 aromatic heterocycles. The van der Waals surface area contributed by atoms with Crippen LogP contribution in [-0.2, 0) is 19.0 Å². The van der Waals surface area contributed by atoms with Gasteiger partial charge in [-0.05, 0) is 97.0 Å². The second-order valence-electron chi connectivity index (χ2n) is 14.3. The van der Waals surface area contributed by atoms with E-state index in [9.17, 15) is 25.2 Å². The molecule has 262 valence electrons. The molecule has 0 spiro atoms. The monoisotopic (exact) mass is 638 g/mol. The Morgan fingerprint density at radius 3 is 1.64 bits per heavy atom. The summed E-state index contributed by atoms with van der Waals surface area (Å²) in [7, 11) is 0. The minimum absolute atomic E-state index is 0.00492. The van der Waals surface area contributed by atoms with Crippen LogP contribution in [0, 0.1) is 0 Å². The van der Waals surface area contributed by atoms with Crippen molar-refractivity contribution in [3.8, 4) is 0 Å². The molecule has 3 aliphatic heterocycles. The number of esters is 1. The summed E-state index contributed by atoms with van der Waals surface area (Å²) >= 11 is 0. The predicted molar refractivity (Wildman–Crippen MR) is 177 cm³/mol. The van der Waals surface area contributed by atoms with Crippen LogP contribution in [0.3, 0.4) is 0 Å². The molecule has 0 amide bonds. The molecule has 8 heteroatoms. The third kappa shape index (κ3) is 15.2. The number of hydrogen-bond donors (Lipinski definition) is 4. The molecule has 0 saturated carbocycles. The van der Waals surface area contributed by atoms with Gasteiger partial charge >= 0.3 is 5.97 Å². The highest BCUT2D eigenvalue weighted by atomic mass is 16.6. The van der Waals surface area contributed by atoms with E-state index in [-0.39, 0.29) is 48.7 Å². The summed E-state index contributed by atoms with van der Waals surface area (Å²) in [6, 6.07) is 0. The summed E-state index contributed by atoms with van der Waals surface area (Å²) in [5, 5.41) is 41.0. The van der Waals surface area contributed by atoms with Gasteiger partial charge in [0.25, 0.3) is 0 Å². The highest BCUT2D eigenvalue weighted by Gasteiger charge is 2.40. The maximum Gasteiger partial charge on any atom is 0.334 e. The molecule has 2 fully saturated rings. The van der Waals surface area contributed by atoms with Crippen LogP contribution in [0.1, 0.15) is 162 Å². The molecule has 0 aromatic rings. The Labute approximate surface area is 273 Å². The number of unbranched alkanes of at least 4 members (excludes halogenated alkanes) is 10. The molecule has 3 aliphatic rings. The van der Waals surface area contributed by atoms with Gasteiger partial charge in [-0.25, -0.2) is 4.79 Å². The van der Waals surface area contributed by atoms with E-state index in [0.717, 1.165) is 95.5 Å². The second-order valence-corrected chi connectivity index (χ2v) is 14.3. The van der Waals surface area contributed by atoms with E-state index in [1.807, 2.05) is 13.0 Å². The zero-order chi connectivity index (χ0) is 32.4. The maximum absolute atomic E-state index is 11.6. The van der Waals surface area contributed by atoms with Gasteiger partial charge in [-0.3, -0.25) is 0 Å². The van der Waals surface area contributed by atoms with Gasteiger partial charge in [0.05, 0.1) is 48.8 Å². The molecule has 0 bridgehead atoms. The third-order valence-electron chi connectivity index (χ3n) is 10.1. The molecule has 4 N–H and O–H groups in total. The van der Waals surface area contributed by atoms with Crippen molar-refractivity contribution in [1.29, 1.82) is 0 Å². The highest BCUT2D eigenvalue weighted by molar-refractivity contribution is 5.90. The molecular formula is C37H66O8. The average Bonchev–Trinajstić information content (AvgIpc) is 3.76. The first-order valence-corrected chi connectivity index (χ1v) is 18.7. The molecule has 0 radical (unpaired) electrons. The Morgan fingerprint density at radius 1 is 0.644 bits per heavy atom. The van der Waals surface area contributed by atoms with Gasteiger partial charge in [0.1, 0.15) is 6.10 Å². The molecule has 9 atom stereocenters.